The molecule has 0 bridgehead atoms. The van der Waals surface area contributed by atoms with Gasteiger partial charge in [0.2, 0.25) is 0 Å². The summed E-state index contributed by atoms with van der Waals surface area (Å²) in [5, 5.41) is 3.17. The molecule has 1 aliphatic rings. The Hall–Kier alpha value is -1.03. The van der Waals surface area contributed by atoms with Crippen LogP contribution >= 0.6 is 0 Å². The van der Waals surface area contributed by atoms with E-state index in [0.717, 1.165) is 25.1 Å². The highest BCUT2D eigenvalue weighted by Gasteiger charge is 2.30. The Morgan fingerprint density at radius 2 is 2.29 bits per heavy atom. The number of nitrogens with two attached hydrogens (primary N) is 1. The van der Waals surface area contributed by atoms with Gasteiger partial charge in [0.05, 0.1) is 12.6 Å². The van der Waals surface area contributed by atoms with Gasteiger partial charge in [0, 0.05) is 19.1 Å². The van der Waals surface area contributed by atoms with Gasteiger partial charge in [-0.3, -0.25) is 0 Å². The predicted molar refractivity (Wildman–Crippen MR) is 72.0 cm³/mol. The Labute approximate surface area is 104 Å². The predicted octanol–water partition coefficient (Wildman–Crippen LogP) is 1.53. The third kappa shape index (κ3) is 4.77. The van der Waals surface area contributed by atoms with Gasteiger partial charge >= 0.3 is 0 Å². The first-order valence-corrected chi connectivity index (χ1v) is 6.30. The molecule has 1 rings (SSSR count). The first-order valence-electron chi connectivity index (χ1n) is 6.30. The second kappa shape index (κ2) is 6.64. The van der Waals surface area contributed by atoms with Crippen LogP contribution in [0.2, 0.25) is 0 Å². The van der Waals surface area contributed by atoms with E-state index in [1.165, 1.54) is 0 Å². The van der Waals surface area contributed by atoms with Crippen molar-refractivity contribution in [3.05, 3.63) is 12.2 Å². The van der Waals surface area contributed by atoms with E-state index in [4.69, 9.17) is 10.5 Å². The number of guanidine groups is 1. The van der Waals surface area contributed by atoms with Crippen LogP contribution in [0, 0.1) is 11.8 Å². The minimum absolute atomic E-state index is 0.344. The number of hydrogen-bond acceptors (Lipinski definition) is 2. The van der Waals surface area contributed by atoms with Crippen molar-refractivity contribution >= 4 is 5.96 Å². The van der Waals surface area contributed by atoms with Crippen molar-refractivity contribution in [3.8, 4) is 0 Å². The van der Waals surface area contributed by atoms with Crippen molar-refractivity contribution in [2.75, 3.05) is 19.7 Å². The van der Waals surface area contributed by atoms with Gasteiger partial charge in [0.1, 0.15) is 0 Å². The van der Waals surface area contributed by atoms with E-state index in [1.807, 2.05) is 6.92 Å². The minimum atomic E-state index is 0.344. The maximum Gasteiger partial charge on any atom is 0.188 e. The third-order valence-corrected chi connectivity index (χ3v) is 2.99. The lowest BCUT2D eigenvalue weighted by atomic mass is 9.93. The molecule has 1 aliphatic heterocycles. The standard InChI is InChI=1S/C13H25N3O/c1-9(2)7-15-13(14)16-8-11-5-6-17-12(11)10(3)4/h10-12H,1,5-8H2,2-4H3,(H3,14,15,16). The lowest BCUT2D eigenvalue weighted by Gasteiger charge is -2.22. The molecule has 4 nitrogen and oxygen atoms in total. The molecule has 1 heterocycles. The van der Waals surface area contributed by atoms with E-state index in [2.05, 4.69) is 30.7 Å². The molecule has 98 valence electrons. The summed E-state index contributed by atoms with van der Waals surface area (Å²) in [6.07, 6.45) is 1.44. The van der Waals surface area contributed by atoms with Crippen LogP contribution in [-0.2, 0) is 4.74 Å². The van der Waals surface area contributed by atoms with Crippen LogP contribution in [0.15, 0.2) is 17.1 Å². The quantitative estimate of drug-likeness (QED) is 0.434. The van der Waals surface area contributed by atoms with Gasteiger partial charge in [-0.25, -0.2) is 4.99 Å². The molecule has 1 saturated heterocycles. The fourth-order valence-electron chi connectivity index (χ4n) is 2.12. The molecular weight excluding hydrogens is 214 g/mol. The molecule has 17 heavy (non-hydrogen) atoms. The molecule has 0 aromatic heterocycles. The average Bonchev–Trinajstić information content (AvgIpc) is 2.71. The summed E-state index contributed by atoms with van der Waals surface area (Å²) in [5.74, 6) is 1.59. The minimum Gasteiger partial charge on any atom is -0.378 e. The first-order chi connectivity index (χ1) is 8.00. The Morgan fingerprint density at radius 1 is 1.59 bits per heavy atom. The van der Waals surface area contributed by atoms with Crippen LogP contribution in [-0.4, -0.2) is 31.8 Å². The number of rotatable bonds is 5. The summed E-state index contributed by atoms with van der Waals surface area (Å²) in [4.78, 5) is 4.20. The molecule has 0 radical (unpaired) electrons. The smallest absolute Gasteiger partial charge is 0.188 e. The highest BCUT2D eigenvalue weighted by atomic mass is 16.5. The topological polar surface area (TPSA) is 59.6 Å². The largest absolute Gasteiger partial charge is 0.378 e. The molecule has 0 aromatic rings. The van der Waals surface area contributed by atoms with Crippen LogP contribution in [0.1, 0.15) is 27.2 Å². The van der Waals surface area contributed by atoms with Gasteiger partial charge in [0.15, 0.2) is 5.96 Å². The summed E-state index contributed by atoms with van der Waals surface area (Å²) >= 11 is 0. The van der Waals surface area contributed by atoms with E-state index in [9.17, 15) is 0 Å². The first kappa shape index (κ1) is 14.0. The van der Waals surface area contributed by atoms with Crippen molar-refractivity contribution in [3.63, 3.8) is 0 Å². The van der Waals surface area contributed by atoms with Gasteiger partial charge in [-0.15, -0.1) is 0 Å². The van der Waals surface area contributed by atoms with Crippen LogP contribution in [0.3, 0.4) is 0 Å². The van der Waals surface area contributed by atoms with Crippen LogP contribution in [0.5, 0.6) is 0 Å². The van der Waals surface area contributed by atoms with E-state index in [-0.39, 0.29) is 0 Å². The summed E-state index contributed by atoms with van der Waals surface area (Å²) in [7, 11) is 0. The van der Waals surface area contributed by atoms with Gasteiger partial charge in [-0.1, -0.05) is 26.0 Å². The summed E-state index contributed by atoms with van der Waals surface area (Å²) in [6.45, 7) is 12.4. The SMILES string of the molecule is C=C(C)CN=C(N)NCC1CCOC1C(C)C. The van der Waals surface area contributed by atoms with Crippen LogP contribution < -0.4 is 11.1 Å². The second-order valence-electron chi connectivity index (χ2n) is 5.17. The zero-order valence-corrected chi connectivity index (χ0v) is 11.2. The molecule has 0 spiro atoms. The number of aliphatic imine (C=N–C) groups is 1. The Balaban J connectivity index is 2.34. The van der Waals surface area contributed by atoms with Crippen molar-refractivity contribution in [2.24, 2.45) is 22.6 Å². The second-order valence-corrected chi connectivity index (χ2v) is 5.17. The number of hydrogen-bond donors (Lipinski definition) is 2. The van der Waals surface area contributed by atoms with Crippen LogP contribution in [0.4, 0.5) is 0 Å². The zero-order chi connectivity index (χ0) is 12.8. The fraction of sp³-hybridized carbons (Fsp3) is 0.769. The molecule has 0 saturated carbocycles. The van der Waals surface area contributed by atoms with Crippen molar-refractivity contribution in [1.82, 2.24) is 5.32 Å². The molecule has 0 amide bonds. The molecule has 0 aliphatic carbocycles. The summed E-state index contributed by atoms with van der Waals surface area (Å²) in [6, 6.07) is 0. The number of ether oxygens (including phenoxy) is 1. The maximum absolute atomic E-state index is 5.78. The van der Waals surface area contributed by atoms with Crippen molar-refractivity contribution in [2.45, 2.75) is 33.3 Å². The molecule has 2 unspecified atom stereocenters. The van der Waals surface area contributed by atoms with E-state index < -0.39 is 0 Å². The maximum atomic E-state index is 5.78. The highest BCUT2D eigenvalue weighted by molar-refractivity contribution is 5.77. The number of nitrogens with zero attached hydrogens (tertiary/aromatic N) is 1. The van der Waals surface area contributed by atoms with E-state index in [0.29, 0.717) is 30.4 Å². The Bertz CT molecular complexity index is 286. The van der Waals surface area contributed by atoms with E-state index in [1.54, 1.807) is 0 Å². The normalized spacial score (nSPS) is 25.3. The Morgan fingerprint density at radius 3 is 2.88 bits per heavy atom. The molecular formula is C13H25N3O. The van der Waals surface area contributed by atoms with Crippen LogP contribution in [0.25, 0.3) is 0 Å². The zero-order valence-electron chi connectivity index (χ0n) is 11.2. The summed E-state index contributed by atoms with van der Waals surface area (Å²) in [5.41, 5.74) is 6.79. The Kier molecular flexibility index (Phi) is 5.48. The van der Waals surface area contributed by atoms with Gasteiger partial charge in [0.25, 0.3) is 0 Å². The van der Waals surface area contributed by atoms with Crippen molar-refractivity contribution < 1.29 is 4.74 Å². The average molecular weight is 239 g/mol. The van der Waals surface area contributed by atoms with Gasteiger partial charge in [-0.2, -0.15) is 0 Å². The third-order valence-electron chi connectivity index (χ3n) is 2.99. The molecule has 4 heteroatoms. The molecule has 0 aromatic carbocycles. The molecule has 1 fully saturated rings. The number of nitrogens with one attached hydrogen (secondary N) is 1. The fourth-order valence-corrected chi connectivity index (χ4v) is 2.12. The molecule has 2 atom stereocenters. The summed E-state index contributed by atoms with van der Waals surface area (Å²) < 4.78 is 5.72. The van der Waals surface area contributed by atoms with Gasteiger partial charge < -0.3 is 15.8 Å². The van der Waals surface area contributed by atoms with Gasteiger partial charge in [-0.05, 0) is 19.3 Å². The van der Waals surface area contributed by atoms with E-state index >= 15 is 0 Å². The molecule has 3 N–H and O–H groups in total. The lowest BCUT2D eigenvalue weighted by molar-refractivity contribution is 0.0549. The highest BCUT2D eigenvalue weighted by Crippen LogP contribution is 2.25. The lowest BCUT2D eigenvalue weighted by Crippen LogP contribution is -2.38. The van der Waals surface area contributed by atoms with Crippen molar-refractivity contribution in [1.29, 1.82) is 0 Å². The monoisotopic (exact) mass is 239 g/mol.